The van der Waals surface area contributed by atoms with Crippen LogP contribution in [0.2, 0.25) is 0 Å². The summed E-state index contributed by atoms with van der Waals surface area (Å²) in [6.07, 6.45) is 0.311. The van der Waals surface area contributed by atoms with E-state index in [0.717, 1.165) is 22.8 Å². The summed E-state index contributed by atoms with van der Waals surface area (Å²) in [5.74, 6) is 2.19. The van der Waals surface area contributed by atoms with Crippen LogP contribution in [0, 0.1) is 0 Å². The van der Waals surface area contributed by atoms with E-state index in [1.165, 1.54) is 5.56 Å². The maximum absolute atomic E-state index is 12.0. The van der Waals surface area contributed by atoms with Crippen molar-refractivity contribution in [2.24, 2.45) is 0 Å². The first-order chi connectivity index (χ1) is 12.4. The Morgan fingerprint density at radius 3 is 2.54 bits per heavy atom. The molecule has 0 fully saturated rings. The molecule has 0 saturated carbocycles. The Balaban J connectivity index is 1.40. The van der Waals surface area contributed by atoms with Crippen LogP contribution in [0.3, 0.4) is 0 Å². The van der Waals surface area contributed by atoms with E-state index in [4.69, 9.17) is 14.2 Å². The van der Waals surface area contributed by atoms with E-state index >= 15 is 0 Å². The summed E-state index contributed by atoms with van der Waals surface area (Å²) in [6, 6.07) is 13.7. The van der Waals surface area contributed by atoms with Crippen molar-refractivity contribution in [1.29, 1.82) is 0 Å². The van der Waals surface area contributed by atoms with Crippen LogP contribution >= 0.6 is 0 Å². The van der Waals surface area contributed by atoms with E-state index < -0.39 is 0 Å². The van der Waals surface area contributed by atoms with Crippen molar-refractivity contribution >= 4 is 5.91 Å². The number of ether oxygens (including phenoxy) is 3. The van der Waals surface area contributed by atoms with Crippen LogP contribution in [-0.4, -0.2) is 19.3 Å². The third kappa shape index (κ3) is 4.69. The minimum absolute atomic E-state index is 0.0472. The molecule has 0 spiro atoms. The molecule has 0 aliphatic carbocycles. The van der Waals surface area contributed by atoms with Gasteiger partial charge < -0.3 is 19.5 Å². The zero-order valence-electron chi connectivity index (χ0n) is 15.5. The van der Waals surface area contributed by atoms with Crippen molar-refractivity contribution in [2.45, 2.75) is 39.2 Å². The largest absolute Gasteiger partial charge is 0.493 e. The molecule has 0 bridgehead atoms. The van der Waals surface area contributed by atoms with Gasteiger partial charge in [0.1, 0.15) is 5.75 Å². The Morgan fingerprint density at radius 2 is 1.81 bits per heavy atom. The van der Waals surface area contributed by atoms with E-state index in [2.05, 4.69) is 38.2 Å². The molecular weight excluding hydrogens is 330 g/mol. The lowest BCUT2D eigenvalue weighted by Crippen LogP contribution is -2.24. The van der Waals surface area contributed by atoms with Crippen LogP contribution in [0.25, 0.3) is 0 Å². The topological polar surface area (TPSA) is 56.8 Å². The van der Waals surface area contributed by atoms with Gasteiger partial charge in [-0.2, -0.15) is 0 Å². The van der Waals surface area contributed by atoms with Crippen LogP contribution in [-0.2, 0) is 16.8 Å². The van der Waals surface area contributed by atoms with Gasteiger partial charge in [0.15, 0.2) is 11.5 Å². The molecule has 0 unspecified atom stereocenters. The van der Waals surface area contributed by atoms with E-state index in [9.17, 15) is 4.79 Å². The van der Waals surface area contributed by atoms with Gasteiger partial charge in [0.05, 0.1) is 13.0 Å². The van der Waals surface area contributed by atoms with Crippen LogP contribution in [0.15, 0.2) is 42.5 Å². The third-order valence-electron chi connectivity index (χ3n) is 4.24. The molecule has 5 nitrogen and oxygen atoms in total. The number of amides is 1. The Morgan fingerprint density at radius 1 is 1.08 bits per heavy atom. The first-order valence-corrected chi connectivity index (χ1v) is 8.80. The van der Waals surface area contributed by atoms with Gasteiger partial charge in [0.2, 0.25) is 12.7 Å². The highest BCUT2D eigenvalue weighted by Crippen LogP contribution is 2.32. The molecule has 2 aromatic rings. The minimum Gasteiger partial charge on any atom is -0.493 e. The predicted molar refractivity (Wildman–Crippen MR) is 99.7 cm³/mol. The normalized spacial score (nSPS) is 12.7. The molecule has 26 heavy (non-hydrogen) atoms. The van der Waals surface area contributed by atoms with Crippen molar-refractivity contribution in [1.82, 2.24) is 5.32 Å². The molecule has 1 aliphatic rings. The highest BCUT2D eigenvalue weighted by atomic mass is 16.7. The number of hydrogen-bond donors (Lipinski definition) is 1. The monoisotopic (exact) mass is 355 g/mol. The molecule has 5 heteroatoms. The van der Waals surface area contributed by atoms with Gasteiger partial charge >= 0.3 is 0 Å². The Labute approximate surface area is 154 Å². The number of carbonyl (C=O) groups excluding carboxylic acids is 1. The lowest BCUT2D eigenvalue weighted by molar-refractivity contribution is -0.121. The maximum Gasteiger partial charge on any atom is 0.231 e. The van der Waals surface area contributed by atoms with Gasteiger partial charge in [-0.1, -0.05) is 39.0 Å². The summed E-state index contributed by atoms with van der Waals surface area (Å²) >= 11 is 0. The molecule has 1 aliphatic heterocycles. The Hall–Kier alpha value is -2.69. The second-order valence-electron chi connectivity index (χ2n) is 7.34. The first kappa shape index (κ1) is 18.1. The lowest BCUT2D eigenvalue weighted by atomic mass is 9.87. The average Bonchev–Trinajstić information content (AvgIpc) is 3.07. The number of rotatable bonds is 6. The molecule has 3 rings (SSSR count). The van der Waals surface area contributed by atoms with Crippen molar-refractivity contribution in [3.63, 3.8) is 0 Å². The van der Waals surface area contributed by atoms with Crippen LogP contribution in [0.5, 0.6) is 17.2 Å². The second-order valence-corrected chi connectivity index (χ2v) is 7.34. The molecular formula is C21H25NO4. The Kier molecular flexibility index (Phi) is 5.35. The second kappa shape index (κ2) is 7.68. The van der Waals surface area contributed by atoms with Gasteiger partial charge in [-0.15, -0.1) is 0 Å². The van der Waals surface area contributed by atoms with Crippen LogP contribution in [0.1, 0.15) is 38.3 Å². The van der Waals surface area contributed by atoms with Gasteiger partial charge in [-0.25, -0.2) is 0 Å². The van der Waals surface area contributed by atoms with E-state index in [1.54, 1.807) is 0 Å². The fraction of sp³-hybridized carbons (Fsp3) is 0.381. The average molecular weight is 355 g/mol. The van der Waals surface area contributed by atoms with E-state index in [-0.39, 0.29) is 18.1 Å². The van der Waals surface area contributed by atoms with Crippen molar-refractivity contribution in [2.75, 3.05) is 13.4 Å². The maximum atomic E-state index is 12.0. The summed E-state index contributed by atoms with van der Waals surface area (Å²) in [4.78, 5) is 12.0. The predicted octanol–water partition coefficient (Wildman–Crippen LogP) is 3.80. The van der Waals surface area contributed by atoms with Crippen molar-refractivity contribution in [3.8, 4) is 17.2 Å². The van der Waals surface area contributed by atoms with E-state index in [1.807, 2.05) is 30.3 Å². The molecule has 138 valence electrons. The summed E-state index contributed by atoms with van der Waals surface area (Å²) in [6.45, 7) is 7.57. The molecule has 1 N–H and O–H groups in total. The van der Waals surface area contributed by atoms with Crippen LogP contribution in [0.4, 0.5) is 0 Å². The lowest BCUT2D eigenvalue weighted by Gasteiger charge is -2.19. The van der Waals surface area contributed by atoms with Gasteiger partial charge in [-0.3, -0.25) is 4.79 Å². The summed E-state index contributed by atoms with van der Waals surface area (Å²) < 4.78 is 16.3. The summed E-state index contributed by atoms with van der Waals surface area (Å²) in [7, 11) is 0. The molecule has 0 radical (unpaired) electrons. The SMILES string of the molecule is CC(C)(C)c1ccc(OCCC(=O)NCc2ccc3c(c2)OCO3)cc1. The molecule has 2 aromatic carbocycles. The quantitative estimate of drug-likeness (QED) is 0.856. The number of hydrogen-bond acceptors (Lipinski definition) is 4. The number of fused-ring (bicyclic) bond motifs is 1. The van der Waals surface area contributed by atoms with Gasteiger partial charge in [-0.05, 0) is 40.8 Å². The number of nitrogens with one attached hydrogen (secondary N) is 1. The first-order valence-electron chi connectivity index (χ1n) is 8.80. The molecule has 0 saturated heterocycles. The smallest absolute Gasteiger partial charge is 0.231 e. The molecule has 0 atom stereocenters. The zero-order chi connectivity index (χ0) is 18.6. The molecule has 1 heterocycles. The molecule has 1 amide bonds. The molecule has 0 aromatic heterocycles. The number of benzene rings is 2. The summed E-state index contributed by atoms with van der Waals surface area (Å²) in [5, 5.41) is 2.89. The fourth-order valence-corrected chi connectivity index (χ4v) is 2.65. The fourth-order valence-electron chi connectivity index (χ4n) is 2.65. The summed E-state index contributed by atoms with van der Waals surface area (Å²) in [5.41, 5.74) is 2.35. The standard InChI is InChI=1S/C21H25NO4/c1-21(2,3)16-5-7-17(8-6-16)24-11-10-20(23)22-13-15-4-9-18-19(12-15)26-14-25-18/h4-9,12H,10-11,13-14H2,1-3H3,(H,22,23). The minimum atomic E-state index is -0.0472. The van der Waals surface area contributed by atoms with Gasteiger partial charge in [0, 0.05) is 6.54 Å². The van der Waals surface area contributed by atoms with Crippen molar-refractivity contribution in [3.05, 3.63) is 53.6 Å². The van der Waals surface area contributed by atoms with Crippen molar-refractivity contribution < 1.29 is 19.0 Å². The highest BCUT2D eigenvalue weighted by molar-refractivity contribution is 5.76. The van der Waals surface area contributed by atoms with Gasteiger partial charge in [0.25, 0.3) is 0 Å². The third-order valence-corrected chi connectivity index (χ3v) is 4.24. The van der Waals surface area contributed by atoms with Crippen LogP contribution < -0.4 is 19.5 Å². The van der Waals surface area contributed by atoms with E-state index in [0.29, 0.717) is 19.6 Å². The zero-order valence-corrected chi connectivity index (χ0v) is 15.5. The number of carbonyl (C=O) groups is 1. The highest BCUT2D eigenvalue weighted by Gasteiger charge is 2.14. The Bertz CT molecular complexity index is 763.